The summed E-state index contributed by atoms with van der Waals surface area (Å²) in [5.74, 6) is 1.74. The highest BCUT2D eigenvalue weighted by atomic mass is 28.4. The number of benzene rings is 3. The third-order valence-corrected chi connectivity index (χ3v) is 8.68. The van der Waals surface area contributed by atoms with Crippen molar-refractivity contribution < 1.29 is 14.0 Å². The highest BCUT2D eigenvalue weighted by molar-refractivity contribution is 6.98. The molecule has 1 heterocycles. The van der Waals surface area contributed by atoms with Crippen molar-refractivity contribution >= 4 is 24.4 Å². The van der Waals surface area contributed by atoms with E-state index in [1.807, 2.05) is 68.4 Å². The maximum absolute atomic E-state index is 6.96. The minimum Gasteiger partial charge on any atom is -0.457 e. The van der Waals surface area contributed by atoms with Crippen molar-refractivity contribution in [2.24, 2.45) is 5.16 Å². The van der Waals surface area contributed by atoms with Crippen molar-refractivity contribution in [1.29, 1.82) is 0 Å². The van der Waals surface area contributed by atoms with Gasteiger partial charge in [0.1, 0.15) is 24.2 Å². The Hall–Kier alpha value is -2.89. The lowest BCUT2D eigenvalue weighted by atomic mass is 10.1. The first-order chi connectivity index (χ1) is 14.1. The van der Waals surface area contributed by atoms with Gasteiger partial charge in [-0.05, 0) is 38.1 Å². The molecule has 0 saturated heterocycles. The summed E-state index contributed by atoms with van der Waals surface area (Å²) in [4.78, 5) is 5.63. The van der Waals surface area contributed by atoms with E-state index in [2.05, 4.69) is 36.0 Å². The summed E-state index contributed by atoms with van der Waals surface area (Å²) in [7, 11) is -2.55. The zero-order valence-electron chi connectivity index (χ0n) is 17.0. The molecule has 0 amide bonds. The predicted molar refractivity (Wildman–Crippen MR) is 119 cm³/mol. The minimum atomic E-state index is -2.55. The van der Waals surface area contributed by atoms with Gasteiger partial charge in [0.2, 0.25) is 0 Å². The first-order valence-electron chi connectivity index (χ1n) is 9.81. The summed E-state index contributed by atoms with van der Waals surface area (Å²) in [6.07, 6.45) is -0.241. The van der Waals surface area contributed by atoms with Crippen LogP contribution in [0.15, 0.2) is 84.0 Å². The highest BCUT2D eigenvalue weighted by Crippen LogP contribution is 2.32. The van der Waals surface area contributed by atoms with E-state index >= 15 is 0 Å². The Morgan fingerprint density at radius 3 is 2.00 bits per heavy atom. The molecule has 1 aliphatic heterocycles. The highest BCUT2D eigenvalue weighted by Gasteiger charge is 2.44. The number of fused-ring (bicyclic) bond motifs is 2. The van der Waals surface area contributed by atoms with Gasteiger partial charge in [0, 0.05) is 10.4 Å². The molecular formula is C24H25NO3Si. The summed E-state index contributed by atoms with van der Waals surface area (Å²) in [6.45, 7) is 6.42. The predicted octanol–water partition coefficient (Wildman–Crippen LogP) is 4.65. The number of hydrogen-bond acceptors (Lipinski definition) is 4. The Morgan fingerprint density at radius 2 is 1.41 bits per heavy atom. The fourth-order valence-electron chi connectivity index (χ4n) is 3.67. The zero-order chi connectivity index (χ0) is 20.3. The molecule has 29 heavy (non-hydrogen) atoms. The van der Waals surface area contributed by atoms with Crippen molar-refractivity contribution in [1.82, 2.24) is 0 Å². The lowest BCUT2D eigenvalue weighted by Crippen LogP contribution is -2.61. The van der Waals surface area contributed by atoms with Crippen molar-refractivity contribution in [3.05, 3.63) is 84.4 Å². The van der Waals surface area contributed by atoms with Crippen LogP contribution < -0.4 is 15.1 Å². The second-order valence-corrected chi connectivity index (χ2v) is 10.9. The molecule has 4 nitrogen and oxygen atoms in total. The van der Waals surface area contributed by atoms with Gasteiger partial charge in [0.05, 0.1) is 5.71 Å². The Morgan fingerprint density at radius 1 is 0.862 bits per heavy atom. The Balaban J connectivity index is 1.76. The molecule has 0 spiro atoms. The number of ether oxygens (including phenoxy) is 1. The van der Waals surface area contributed by atoms with Crippen LogP contribution in [-0.4, -0.2) is 20.6 Å². The van der Waals surface area contributed by atoms with Crippen LogP contribution in [0.3, 0.4) is 0 Å². The normalized spacial score (nSPS) is 14.7. The van der Waals surface area contributed by atoms with E-state index in [9.17, 15) is 0 Å². The van der Waals surface area contributed by atoms with E-state index in [0.29, 0.717) is 6.61 Å². The van der Waals surface area contributed by atoms with E-state index in [-0.39, 0.29) is 6.10 Å². The third-order valence-electron chi connectivity index (χ3n) is 5.04. The number of oxime groups is 1. The summed E-state index contributed by atoms with van der Waals surface area (Å²) < 4.78 is 13.1. The molecule has 0 unspecified atom stereocenters. The van der Waals surface area contributed by atoms with Crippen LogP contribution in [0.2, 0.25) is 6.55 Å². The lowest BCUT2D eigenvalue weighted by Gasteiger charge is -2.37. The van der Waals surface area contributed by atoms with Crippen LogP contribution in [-0.2, 0) is 9.26 Å². The minimum absolute atomic E-state index is 0.241. The molecule has 3 aromatic carbocycles. The summed E-state index contributed by atoms with van der Waals surface area (Å²) >= 11 is 0. The maximum Gasteiger partial charge on any atom is 0.261 e. The first kappa shape index (κ1) is 19.4. The van der Waals surface area contributed by atoms with Gasteiger partial charge >= 0.3 is 0 Å². The van der Waals surface area contributed by atoms with Crippen molar-refractivity contribution in [3.63, 3.8) is 0 Å². The van der Waals surface area contributed by atoms with E-state index < -0.39 is 8.32 Å². The van der Waals surface area contributed by atoms with Gasteiger partial charge in [-0.2, -0.15) is 0 Å². The van der Waals surface area contributed by atoms with Gasteiger partial charge in [0.15, 0.2) is 0 Å². The molecule has 4 rings (SSSR count). The lowest BCUT2D eigenvalue weighted by molar-refractivity contribution is 0.0509. The average Bonchev–Trinajstić information content (AvgIpc) is 2.74. The second-order valence-electron chi connectivity index (χ2n) is 7.48. The molecule has 3 aromatic rings. The van der Waals surface area contributed by atoms with Crippen LogP contribution in [0.4, 0.5) is 0 Å². The van der Waals surface area contributed by atoms with Crippen molar-refractivity contribution in [3.8, 4) is 11.5 Å². The molecule has 0 aliphatic carbocycles. The Kier molecular flexibility index (Phi) is 5.51. The molecule has 5 heteroatoms. The van der Waals surface area contributed by atoms with E-state index in [1.165, 1.54) is 0 Å². The molecule has 1 aliphatic rings. The fourth-order valence-corrected chi connectivity index (χ4v) is 7.03. The average molecular weight is 404 g/mol. The maximum atomic E-state index is 6.96. The Labute approximate surface area is 172 Å². The van der Waals surface area contributed by atoms with Crippen LogP contribution >= 0.6 is 0 Å². The van der Waals surface area contributed by atoms with Crippen molar-refractivity contribution in [2.45, 2.75) is 26.5 Å². The van der Waals surface area contributed by atoms with Gasteiger partial charge in [-0.3, -0.25) is 0 Å². The molecule has 0 aromatic heterocycles. The standard InChI is InChI=1S/C24H25NO3Si/c1-18(2)25-26-17-22(19-11-5-4-6-12-19)28-29(3)23-15-9-7-13-20(23)27-21-14-8-10-16-24(21)29/h4-16,22H,17H2,1-3H3/t22-/m0/s1. The van der Waals surface area contributed by atoms with E-state index in [4.69, 9.17) is 14.0 Å². The van der Waals surface area contributed by atoms with Gasteiger partial charge < -0.3 is 14.0 Å². The number of para-hydroxylation sites is 2. The van der Waals surface area contributed by atoms with Gasteiger partial charge in [-0.15, -0.1) is 0 Å². The van der Waals surface area contributed by atoms with E-state index in [1.54, 1.807) is 0 Å². The number of nitrogens with zero attached hydrogens (tertiary/aromatic N) is 1. The Bertz CT molecular complexity index is 970. The smallest absolute Gasteiger partial charge is 0.261 e. The molecule has 0 radical (unpaired) electrons. The van der Waals surface area contributed by atoms with Crippen LogP contribution in [0.5, 0.6) is 11.5 Å². The van der Waals surface area contributed by atoms with Gasteiger partial charge in [-0.1, -0.05) is 71.9 Å². The zero-order valence-corrected chi connectivity index (χ0v) is 18.0. The molecular weight excluding hydrogens is 378 g/mol. The molecule has 0 N–H and O–H groups in total. The van der Waals surface area contributed by atoms with Crippen molar-refractivity contribution in [2.75, 3.05) is 6.61 Å². The van der Waals surface area contributed by atoms with Crippen LogP contribution in [0, 0.1) is 0 Å². The van der Waals surface area contributed by atoms with Gasteiger partial charge in [0.25, 0.3) is 8.32 Å². The topological polar surface area (TPSA) is 40.0 Å². The SMILES string of the molecule is CC(C)=NOC[C@H](O[Si]1(C)c2ccccc2Oc2ccccc21)c1ccccc1. The molecule has 0 fully saturated rings. The molecule has 0 saturated carbocycles. The number of rotatable bonds is 6. The molecule has 148 valence electrons. The summed E-state index contributed by atoms with van der Waals surface area (Å²) in [6, 6.07) is 26.6. The van der Waals surface area contributed by atoms with Crippen LogP contribution in [0.1, 0.15) is 25.5 Å². The summed E-state index contributed by atoms with van der Waals surface area (Å²) in [5.41, 5.74) is 1.95. The van der Waals surface area contributed by atoms with Crippen LogP contribution in [0.25, 0.3) is 0 Å². The summed E-state index contributed by atoms with van der Waals surface area (Å²) in [5, 5.41) is 6.39. The molecule has 0 bridgehead atoms. The number of hydrogen-bond donors (Lipinski definition) is 0. The van der Waals surface area contributed by atoms with E-state index in [0.717, 1.165) is 33.1 Å². The third kappa shape index (κ3) is 3.97. The largest absolute Gasteiger partial charge is 0.457 e. The quantitative estimate of drug-likeness (QED) is 0.342. The fraction of sp³-hybridized carbons (Fsp3) is 0.208. The second kappa shape index (κ2) is 8.23. The molecule has 1 atom stereocenters. The van der Waals surface area contributed by atoms with Gasteiger partial charge in [-0.25, -0.2) is 0 Å². The first-order valence-corrected chi connectivity index (χ1v) is 12.2. The monoisotopic (exact) mass is 403 g/mol.